The summed E-state index contributed by atoms with van der Waals surface area (Å²) in [5.41, 5.74) is 3.32. The van der Waals surface area contributed by atoms with Gasteiger partial charge in [-0.15, -0.1) is 0 Å². The first-order valence-corrected chi connectivity index (χ1v) is 13.6. The Balaban J connectivity index is 1.24. The molecular weight excluding hydrogens is 541 g/mol. The summed E-state index contributed by atoms with van der Waals surface area (Å²) < 4.78 is 19.3. The van der Waals surface area contributed by atoms with Crippen LogP contribution in [-0.4, -0.2) is 40.9 Å². The van der Waals surface area contributed by atoms with Crippen LogP contribution >= 0.6 is 11.6 Å². The summed E-state index contributed by atoms with van der Waals surface area (Å²) in [6.07, 6.45) is 2.70. The number of carbonyl (C=O) groups is 1. The summed E-state index contributed by atoms with van der Waals surface area (Å²) in [6.45, 7) is 5.91. The van der Waals surface area contributed by atoms with Gasteiger partial charge in [0.25, 0.3) is 0 Å². The number of fused-ring (bicyclic) bond motifs is 2. The van der Waals surface area contributed by atoms with Gasteiger partial charge in [0.05, 0.1) is 21.8 Å². The van der Waals surface area contributed by atoms with Crippen LogP contribution in [-0.2, 0) is 11.4 Å². The number of anilines is 3. The van der Waals surface area contributed by atoms with Gasteiger partial charge in [0.15, 0.2) is 0 Å². The second-order valence-corrected chi connectivity index (χ2v) is 10.8. The van der Waals surface area contributed by atoms with Crippen LogP contribution in [0, 0.1) is 35.4 Å². The SMILES string of the molecule is C=CC(=O)Nc1cc2c(Nc3ccc(OCc4cccc(F)c4)c(Cl)c3)ncnc2cc1C#C[C@H]1[C@H]2CN(C)C[C@@H]12. The number of nitrogens with zero attached hydrogens (tertiary/aromatic N) is 3. The van der Waals surface area contributed by atoms with Crippen molar-refractivity contribution in [3.63, 3.8) is 0 Å². The highest BCUT2D eigenvalue weighted by molar-refractivity contribution is 6.32. The van der Waals surface area contributed by atoms with E-state index in [1.165, 1.54) is 24.5 Å². The minimum absolute atomic E-state index is 0.185. The fourth-order valence-electron chi connectivity index (χ4n) is 5.33. The first-order valence-electron chi connectivity index (χ1n) is 13.2. The third-order valence-electron chi connectivity index (χ3n) is 7.45. The molecule has 1 aliphatic heterocycles. The van der Waals surface area contributed by atoms with Gasteiger partial charge in [-0.3, -0.25) is 4.79 Å². The number of ether oxygens (including phenoxy) is 1. The second kappa shape index (κ2) is 11.2. The predicted molar refractivity (Wildman–Crippen MR) is 159 cm³/mol. The molecular formula is C32H27ClFN5O2. The molecule has 206 valence electrons. The molecule has 4 aromatic rings. The minimum atomic E-state index is -0.329. The highest BCUT2D eigenvalue weighted by Gasteiger charge is 2.53. The summed E-state index contributed by atoms with van der Waals surface area (Å²) in [7, 11) is 2.14. The molecule has 2 N–H and O–H groups in total. The number of amides is 1. The molecule has 0 unspecified atom stereocenters. The van der Waals surface area contributed by atoms with Crippen LogP contribution in [0.2, 0.25) is 5.02 Å². The highest BCUT2D eigenvalue weighted by Crippen LogP contribution is 2.50. The number of halogens is 2. The van der Waals surface area contributed by atoms with E-state index in [0.29, 0.717) is 67.7 Å². The molecule has 0 bridgehead atoms. The van der Waals surface area contributed by atoms with Gasteiger partial charge >= 0.3 is 0 Å². The Morgan fingerprint density at radius 1 is 1.20 bits per heavy atom. The van der Waals surface area contributed by atoms with Crippen molar-refractivity contribution in [2.75, 3.05) is 30.8 Å². The second-order valence-electron chi connectivity index (χ2n) is 10.4. The van der Waals surface area contributed by atoms with E-state index >= 15 is 0 Å². The Kier molecular flexibility index (Phi) is 7.31. The summed E-state index contributed by atoms with van der Waals surface area (Å²) >= 11 is 6.49. The molecule has 2 aliphatic rings. The summed E-state index contributed by atoms with van der Waals surface area (Å²) in [5, 5.41) is 7.25. The Bertz CT molecular complexity index is 1720. The zero-order chi connectivity index (χ0) is 28.5. The van der Waals surface area contributed by atoms with E-state index in [4.69, 9.17) is 16.3 Å². The standard InChI is InChI=1S/C32H27ClFN5O2/c1-3-31(40)38-28-14-24-29(12-20(28)7-9-23-25-15-39(2)16-26(23)25)35-18-36-32(24)37-22-8-10-30(27(33)13-22)41-17-19-5-4-6-21(34)11-19/h3-6,8,10-14,18,23,25-26H,1,15-17H2,2H3,(H,38,40)(H,35,36,37)/t23-,25+,26-. The molecule has 1 aliphatic carbocycles. The van der Waals surface area contributed by atoms with Gasteiger partial charge in [-0.25, -0.2) is 14.4 Å². The molecule has 41 heavy (non-hydrogen) atoms. The number of aromatic nitrogens is 2. The Morgan fingerprint density at radius 3 is 2.78 bits per heavy atom. The molecule has 9 heteroatoms. The number of rotatable bonds is 7. The van der Waals surface area contributed by atoms with Crippen molar-refractivity contribution >= 4 is 45.6 Å². The number of piperidine rings is 1. The third kappa shape index (κ3) is 5.87. The van der Waals surface area contributed by atoms with Gasteiger partial charge in [-0.1, -0.05) is 42.2 Å². The van der Waals surface area contributed by atoms with Crippen LogP contribution in [0.15, 0.2) is 73.6 Å². The third-order valence-corrected chi connectivity index (χ3v) is 7.74. The summed E-state index contributed by atoms with van der Waals surface area (Å²) in [5.74, 6) is 8.72. The zero-order valence-corrected chi connectivity index (χ0v) is 23.1. The molecule has 1 amide bonds. The van der Waals surface area contributed by atoms with Gasteiger partial charge in [0, 0.05) is 30.1 Å². The van der Waals surface area contributed by atoms with E-state index in [0.717, 1.165) is 13.1 Å². The van der Waals surface area contributed by atoms with Crippen molar-refractivity contribution in [3.05, 3.63) is 95.5 Å². The van der Waals surface area contributed by atoms with E-state index < -0.39 is 0 Å². The van der Waals surface area contributed by atoms with Crippen molar-refractivity contribution in [1.29, 1.82) is 0 Å². The average molecular weight is 568 g/mol. The highest BCUT2D eigenvalue weighted by atomic mass is 35.5. The first-order chi connectivity index (χ1) is 19.9. The van der Waals surface area contributed by atoms with Crippen LogP contribution in [0.1, 0.15) is 11.1 Å². The molecule has 1 aromatic heterocycles. The lowest BCUT2D eigenvalue weighted by molar-refractivity contribution is -0.111. The fraction of sp³-hybridized carbons (Fsp3) is 0.219. The molecule has 7 nitrogen and oxygen atoms in total. The zero-order valence-electron chi connectivity index (χ0n) is 22.3. The Morgan fingerprint density at radius 2 is 2.02 bits per heavy atom. The van der Waals surface area contributed by atoms with Crippen molar-refractivity contribution in [3.8, 4) is 17.6 Å². The molecule has 3 aromatic carbocycles. The molecule has 2 fully saturated rings. The van der Waals surface area contributed by atoms with Crippen molar-refractivity contribution in [2.45, 2.75) is 6.61 Å². The maximum atomic E-state index is 13.5. The molecule has 1 saturated heterocycles. The summed E-state index contributed by atoms with van der Waals surface area (Å²) in [4.78, 5) is 23.5. The average Bonchev–Trinajstić information content (AvgIpc) is 3.42. The van der Waals surface area contributed by atoms with E-state index in [1.807, 2.05) is 18.2 Å². The molecule has 6 rings (SSSR count). The van der Waals surface area contributed by atoms with E-state index in [2.05, 4.69) is 51.0 Å². The van der Waals surface area contributed by atoms with E-state index in [1.54, 1.807) is 24.3 Å². The molecule has 0 spiro atoms. The van der Waals surface area contributed by atoms with Crippen LogP contribution in [0.3, 0.4) is 0 Å². The topological polar surface area (TPSA) is 79.4 Å². The van der Waals surface area contributed by atoms with Gasteiger partial charge in [-0.2, -0.15) is 0 Å². The first kappa shape index (κ1) is 26.8. The van der Waals surface area contributed by atoms with Gasteiger partial charge < -0.3 is 20.3 Å². The maximum absolute atomic E-state index is 13.5. The summed E-state index contributed by atoms with van der Waals surface area (Å²) in [6, 6.07) is 15.2. The van der Waals surface area contributed by atoms with Crippen molar-refractivity contribution < 1.29 is 13.9 Å². The lowest BCUT2D eigenvalue weighted by Crippen LogP contribution is -2.18. The number of carbonyl (C=O) groups excluding carboxylic acids is 1. The van der Waals surface area contributed by atoms with E-state index in [-0.39, 0.29) is 18.3 Å². The number of nitrogens with one attached hydrogen (secondary N) is 2. The normalized spacial score (nSPS) is 19.1. The molecule has 2 heterocycles. The molecule has 0 radical (unpaired) electrons. The van der Waals surface area contributed by atoms with Gasteiger partial charge in [0.2, 0.25) is 5.91 Å². The van der Waals surface area contributed by atoms with Gasteiger partial charge in [0.1, 0.15) is 30.3 Å². The molecule has 3 atom stereocenters. The number of hydrogen-bond acceptors (Lipinski definition) is 6. The Labute approximate surface area is 242 Å². The smallest absolute Gasteiger partial charge is 0.247 e. The van der Waals surface area contributed by atoms with Crippen LogP contribution < -0.4 is 15.4 Å². The lowest BCUT2D eigenvalue weighted by atomic mass is 10.1. The fourth-order valence-corrected chi connectivity index (χ4v) is 5.56. The van der Waals surface area contributed by atoms with Gasteiger partial charge in [-0.05, 0) is 73.0 Å². The number of likely N-dealkylation sites (tertiary alicyclic amines) is 1. The molecule has 1 saturated carbocycles. The van der Waals surface area contributed by atoms with Crippen LogP contribution in [0.5, 0.6) is 5.75 Å². The quantitative estimate of drug-likeness (QED) is 0.210. The number of hydrogen-bond donors (Lipinski definition) is 2. The number of benzene rings is 3. The minimum Gasteiger partial charge on any atom is -0.487 e. The van der Waals surface area contributed by atoms with Crippen molar-refractivity contribution in [1.82, 2.24) is 14.9 Å². The monoisotopic (exact) mass is 567 g/mol. The lowest BCUT2D eigenvalue weighted by Gasteiger charge is -2.13. The van der Waals surface area contributed by atoms with E-state index in [9.17, 15) is 9.18 Å². The van der Waals surface area contributed by atoms with Crippen LogP contribution in [0.25, 0.3) is 10.9 Å². The van der Waals surface area contributed by atoms with Crippen LogP contribution in [0.4, 0.5) is 21.6 Å². The predicted octanol–water partition coefficient (Wildman–Crippen LogP) is 6.03. The Hall–Kier alpha value is -4.45. The maximum Gasteiger partial charge on any atom is 0.247 e. The largest absolute Gasteiger partial charge is 0.487 e. The van der Waals surface area contributed by atoms with Crippen molar-refractivity contribution in [2.24, 2.45) is 17.8 Å².